The van der Waals surface area contributed by atoms with Gasteiger partial charge >= 0.3 is 0 Å². The topological polar surface area (TPSA) is 57.8 Å². The lowest BCUT2D eigenvalue weighted by molar-refractivity contribution is 0.402. The Labute approximate surface area is 151 Å². The molecule has 6 nitrogen and oxygen atoms in total. The largest absolute Gasteiger partial charge is 0.497 e. The van der Waals surface area contributed by atoms with Crippen molar-refractivity contribution in [2.24, 2.45) is 12.0 Å². The van der Waals surface area contributed by atoms with E-state index < -0.39 is 0 Å². The van der Waals surface area contributed by atoms with Gasteiger partial charge in [-0.3, -0.25) is 9.48 Å². The maximum absolute atomic E-state index is 12.9. The molecule has 26 heavy (non-hydrogen) atoms. The summed E-state index contributed by atoms with van der Waals surface area (Å²) in [6.07, 6.45) is 1.63. The fraction of sp³-hybridized carbons (Fsp3) is 0.200. The minimum Gasteiger partial charge on any atom is -0.497 e. The molecule has 134 valence electrons. The van der Waals surface area contributed by atoms with Crippen molar-refractivity contribution in [3.8, 4) is 17.2 Å². The van der Waals surface area contributed by atoms with Crippen LogP contribution in [0.1, 0.15) is 11.3 Å². The van der Waals surface area contributed by atoms with Crippen molar-refractivity contribution in [1.82, 2.24) is 9.36 Å². The van der Waals surface area contributed by atoms with E-state index in [4.69, 9.17) is 9.47 Å². The van der Waals surface area contributed by atoms with Crippen molar-refractivity contribution in [3.63, 3.8) is 0 Å². The Morgan fingerprint density at radius 1 is 1.04 bits per heavy atom. The van der Waals surface area contributed by atoms with Gasteiger partial charge in [0.05, 0.1) is 25.6 Å². The standard InChI is InChI=1S/C20H21N3O3/c1-14-19(20(24)23(22(14)2)16-8-6-5-7-9-16)21-13-15-12-17(25-3)10-11-18(15)26-4/h5-13H,1-4H3. The molecular weight excluding hydrogens is 330 g/mol. The van der Waals surface area contributed by atoms with Gasteiger partial charge < -0.3 is 9.47 Å². The summed E-state index contributed by atoms with van der Waals surface area (Å²) in [6, 6.07) is 14.9. The normalized spacial score (nSPS) is 11.1. The van der Waals surface area contributed by atoms with Gasteiger partial charge in [-0.1, -0.05) is 18.2 Å². The summed E-state index contributed by atoms with van der Waals surface area (Å²) in [6.45, 7) is 1.87. The van der Waals surface area contributed by atoms with Crippen LogP contribution in [0.2, 0.25) is 0 Å². The molecule has 0 aliphatic rings. The molecule has 0 fully saturated rings. The molecule has 3 rings (SSSR count). The predicted molar refractivity (Wildman–Crippen MR) is 103 cm³/mol. The zero-order valence-corrected chi connectivity index (χ0v) is 15.3. The molecule has 0 spiro atoms. The number of rotatable bonds is 5. The lowest BCUT2D eigenvalue weighted by Gasteiger charge is -2.07. The molecular formula is C20H21N3O3. The molecule has 0 amide bonds. The zero-order chi connectivity index (χ0) is 18.7. The van der Waals surface area contributed by atoms with Crippen LogP contribution in [-0.4, -0.2) is 29.8 Å². The smallest absolute Gasteiger partial charge is 0.297 e. The Hall–Kier alpha value is -3.28. The third kappa shape index (κ3) is 3.13. The quantitative estimate of drug-likeness (QED) is 0.663. The fourth-order valence-electron chi connectivity index (χ4n) is 2.78. The van der Waals surface area contributed by atoms with Gasteiger partial charge in [-0.15, -0.1) is 0 Å². The molecule has 0 atom stereocenters. The van der Waals surface area contributed by atoms with Gasteiger partial charge in [0, 0.05) is 18.8 Å². The first-order valence-corrected chi connectivity index (χ1v) is 8.17. The molecule has 0 aliphatic heterocycles. The first kappa shape index (κ1) is 17.5. The van der Waals surface area contributed by atoms with E-state index in [9.17, 15) is 4.79 Å². The Kier molecular flexibility index (Phi) is 4.93. The second-order valence-corrected chi connectivity index (χ2v) is 5.78. The summed E-state index contributed by atoms with van der Waals surface area (Å²) < 4.78 is 14.0. The summed E-state index contributed by atoms with van der Waals surface area (Å²) in [5.74, 6) is 1.35. The molecule has 0 N–H and O–H groups in total. The highest BCUT2D eigenvalue weighted by atomic mass is 16.5. The number of para-hydroxylation sites is 1. The molecule has 1 heterocycles. The number of benzene rings is 2. The van der Waals surface area contributed by atoms with E-state index in [1.54, 1.807) is 35.9 Å². The van der Waals surface area contributed by atoms with Crippen molar-refractivity contribution in [2.75, 3.05) is 14.2 Å². The van der Waals surface area contributed by atoms with Crippen LogP contribution in [0.15, 0.2) is 58.3 Å². The number of aromatic nitrogens is 2. The van der Waals surface area contributed by atoms with Gasteiger partial charge in [0.15, 0.2) is 5.69 Å². The first-order chi connectivity index (χ1) is 12.6. The summed E-state index contributed by atoms with van der Waals surface area (Å²) in [5.41, 5.74) is 2.52. The molecule has 0 unspecified atom stereocenters. The van der Waals surface area contributed by atoms with Gasteiger partial charge in [-0.2, -0.15) is 0 Å². The van der Waals surface area contributed by atoms with Crippen LogP contribution < -0.4 is 15.0 Å². The van der Waals surface area contributed by atoms with Crippen molar-refractivity contribution < 1.29 is 9.47 Å². The number of aliphatic imine (C=N–C) groups is 1. The molecule has 6 heteroatoms. The van der Waals surface area contributed by atoms with E-state index in [-0.39, 0.29) is 5.56 Å². The Balaban J connectivity index is 2.07. The van der Waals surface area contributed by atoms with Crippen molar-refractivity contribution in [3.05, 3.63) is 70.1 Å². The second kappa shape index (κ2) is 7.31. The highest BCUT2D eigenvalue weighted by molar-refractivity contribution is 5.86. The van der Waals surface area contributed by atoms with Crippen LogP contribution in [0.3, 0.4) is 0 Å². The van der Waals surface area contributed by atoms with Crippen molar-refractivity contribution in [2.45, 2.75) is 6.92 Å². The van der Waals surface area contributed by atoms with E-state index in [1.165, 1.54) is 0 Å². The lowest BCUT2D eigenvalue weighted by atomic mass is 10.2. The maximum Gasteiger partial charge on any atom is 0.297 e. The Bertz CT molecular complexity index is 1000. The summed E-state index contributed by atoms with van der Waals surface area (Å²) in [5, 5.41) is 0. The SMILES string of the molecule is COc1ccc(OC)c(C=Nc2c(C)n(C)n(-c3ccccc3)c2=O)c1. The van der Waals surface area contributed by atoms with Crippen LogP contribution in [0.25, 0.3) is 5.69 Å². The summed E-state index contributed by atoms with van der Waals surface area (Å²) >= 11 is 0. The molecule has 0 saturated carbocycles. The average Bonchev–Trinajstić information content (AvgIpc) is 2.89. The molecule has 3 aromatic rings. The van der Waals surface area contributed by atoms with Gasteiger partial charge in [0.1, 0.15) is 11.5 Å². The van der Waals surface area contributed by atoms with E-state index in [1.807, 2.05) is 56.4 Å². The van der Waals surface area contributed by atoms with E-state index in [0.717, 1.165) is 16.9 Å². The van der Waals surface area contributed by atoms with Crippen LogP contribution in [0.5, 0.6) is 11.5 Å². The van der Waals surface area contributed by atoms with Crippen LogP contribution in [0, 0.1) is 6.92 Å². The van der Waals surface area contributed by atoms with Gasteiger partial charge in [-0.25, -0.2) is 9.67 Å². The van der Waals surface area contributed by atoms with E-state index in [0.29, 0.717) is 17.2 Å². The number of methoxy groups -OCH3 is 2. The average molecular weight is 351 g/mol. The zero-order valence-electron chi connectivity index (χ0n) is 15.3. The highest BCUT2D eigenvalue weighted by Crippen LogP contribution is 2.23. The molecule has 0 saturated heterocycles. The fourth-order valence-corrected chi connectivity index (χ4v) is 2.78. The number of nitrogens with zero attached hydrogens (tertiary/aromatic N) is 3. The summed E-state index contributed by atoms with van der Waals surface area (Å²) in [4.78, 5) is 17.3. The highest BCUT2D eigenvalue weighted by Gasteiger charge is 2.15. The molecule has 0 radical (unpaired) electrons. The minimum absolute atomic E-state index is 0.172. The molecule has 0 aliphatic carbocycles. The Morgan fingerprint density at radius 3 is 2.42 bits per heavy atom. The van der Waals surface area contributed by atoms with Crippen LogP contribution >= 0.6 is 0 Å². The van der Waals surface area contributed by atoms with Gasteiger partial charge in [0.25, 0.3) is 5.56 Å². The van der Waals surface area contributed by atoms with Crippen LogP contribution in [-0.2, 0) is 7.05 Å². The van der Waals surface area contributed by atoms with Crippen molar-refractivity contribution >= 4 is 11.9 Å². The summed E-state index contributed by atoms with van der Waals surface area (Å²) in [7, 11) is 5.03. The molecule has 0 bridgehead atoms. The third-order valence-electron chi connectivity index (χ3n) is 4.29. The minimum atomic E-state index is -0.172. The lowest BCUT2D eigenvalue weighted by Crippen LogP contribution is -2.19. The number of hydrogen-bond acceptors (Lipinski definition) is 4. The second-order valence-electron chi connectivity index (χ2n) is 5.78. The molecule has 1 aromatic heterocycles. The van der Waals surface area contributed by atoms with E-state index >= 15 is 0 Å². The Morgan fingerprint density at radius 2 is 1.77 bits per heavy atom. The number of hydrogen-bond donors (Lipinski definition) is 0. The third-order valence-corrected chi connectivity index (χ3v) is 4.29. The first-order valence-electron chi connectivity index (χ1n) is 8.17. The van der Waals surface area contributed by atoms with E-state index in [2.05, 4.69) is 4.99 Å². The van der Waals surface area contributed by atoms with Gasteiger partial charge in [-0.05, 0) is 37.3 Å². The monoisotopic (exact) mass is 351 g/mol. The predicted octanol–water partition coefficient (Wildman–Crippen LogP) is 3.25. The van der Waals surface area contributed by atoms with Crippen LogP contribution in [0.4, 0.5) is 5.69 Å². The number of ether oxygens (including phenoxy) is 2. The maximum atomic E-state index is 12.9. The molecule has 2 aromatic carbocycles. The van der Waals surface area contributed by atoms with Gasteiger partial charge in [0.2, 0.25) is 0 Å². The van der Waals surface area contributed by atoms with Crippen molar-refractivity contribution in [1.29, 1.82) is 0 Å².